The standard InChI is InChI=1S/C14H16ClNO3/c1-8(2)10-4-3-9(7-11(10)15)12(17)16-14(5-6-14)13(18)19/h3-4,7-8H,5-6H2,1-2H3,(H,16,17)(H,18,19). The second-order valence-electron chi connectivity index (χ2n) is 5.23. The van der Waals surface area contributed by atoms with Crippen LogP contribution in [0.3, 0.4) is 0 Å². The molecule has 0 radical (unpaired) electrons. The van der Waals surface area contributed by atoms with Crippen molar-refractivity contribution in [1.29, 1.82) is 0 Å². The van der Waals surface area contributed by atoms with Gasteiger partial charge in [0.1, 0.15) is 5.54 Å². The average Bonchev–Trinajstić information content (AvgIpc) is 3.09. The summed E-state index contributed by atoms with van der Waals surface area (Å²) in [5.41, 5.74) is 0.291. The number of amides is 1. The number of hydrogen-bond acceptors (Lipinski definition) is 2. The highest BCUT2D eigenvalue weighted by Gasteiger charge is 2.51. The highest BCUT2D eigenvalue weighted by atomic mass is 35.5. The Balaban J connectivity index is 2.17. The summed E-state index contributed by atoms with van der Waals surface area (Å²) >= 11 is 6.12. The first kappa shape index (κ1) is 13.9. The first-order valence-corrected chi connectivity index (χ1v) is 6.59. The Hall–Kier alpha value is -1.55. The highest BCUT2D eigenvalue weighted by Crippen LogP contribution is 2.36. The van der Waals surface area contributed by atoms with Gasteiger partial charge in [-0.05, 0) is 36.5 Å². The van der Waals surface area contributed by atoms with Crippen LogP contribution >= 0.6 is 11.6 Å². The van der Waals surface area contributed by atoms with Gasteiger partial charge in [-0.3, -0.25) is 4.79 Å². The van der Waals surface area contributed by atoms with E-state index in [2.05, 4.69) is 5.32 Å². The number of carbonyl (C=O) groups excluding carboxylic acids is 1. The number of carbonyl (C=O) groups is 2. The van der Waals surface area contributed by atoms with Crippen LogP contribution in [-0.4, -0.2) is 22.5 Å². The SMILES string of the molecule is CC(C)c1ccc(C(=O)NC2(C(=O)O)CC2)cc1Cl. The van der Waals surface area contributed by atoms with Crippen molar-refractivity contribution < 1.29 is 14.7 Å². The van der Waals surface area contributed by atoms with E-state index in [0.717, 1.165) is 5.56 Å². The van der Waals surface area contributed by atoms with Crippen LogP contribution in [0.4, 0.5) is 0 Å². The molecule has 1 aromatic rings. The summed E-state index contributed by atoms with van der Waals surface area (Å²) in [7, 11) is 0. The molecule has 0 heterocycles. The molecule has 0 spiro atoms. The van der Waals surface area contributed by atoms with Crippen molar-refractivity contribution in [2.45, 2.75) is 38.1 Å². The molecule has 2 rings (SSSR count). The maximum absolute atomic E-state index is 12.0. The monoisotopic (exact) mass is 281 g/mol. The van der Waals surface area contributed by atoms with Crippen LogP contribution in [0.5, 0.6) is 0 Å². The quantitative estimate of drug-likeness (QED) is 0.892. The first-order valence-electron chi connectivity index (χ1n) is 6.21. The number of carboxylic acids is 1. The Morgan fingerprint density at radius 3 is 2.42 bits per heavy atom. The lowest BCUT2D eigenvalue weighted by Crippen LogP contribution is -2.43. The zero-order valence-corrected chi connectivity index (χ0v) is 11.6. The molecule has 1 aliphatic rings. The van der Waals surface area contributed by atoms with Crippen LogP contribution in [0.15, 0.2) is 18.2 Å². The van der Waals surface area contributed by atoms with Crippen molar-refractivity contribution in [3.8, 4) is 0 Å². The van der Waals surface area contributed by atoms with Crippen LogP contribution in [0, 0.1) is 0 Å². The summed E-state index contributed by atoms with van der Waals surface area (Å²) in [4.78, 5) is 23.0. The van der Waals surface area contributed by atoms with Crippen LogP contribution < -0.4 is 5.32 Å². The van der Waals surface area contributed by atoms with Crippen molar-refractivity contribution in [2.75, 3.05) is 0 Å². The van der Waals surface area contributed by atoms with Crippen molar-refractivity contribution in [2.24, 2.45) is 0 Å². The third-order valence-corrected chi connectivity index (χ3v) is 3.72. The number of halogens is 1. The molecule has 102 valence electrons. The third kappa shape index (κ3) is 2.73. The smallest absolute Gasteiger partial charge is 0.329 e. The summed E-state index contributed by atoms with van der Waals surface area (Å²) in [6.07, 6.45) is 0.956. The van der Waals surface area contributed by atoms with E-state index in [4.69, 9.17) is 16.7 Å². The van der Waals surface area contributed by atoms with E-state index in [9.17, 15) is 9.59 Å². The summed E-state index contributed by atoms with van der Waals surface area (Å²) < 4.78 is 0. The van der Waals surface area contributed by atoms with E-state index in [1.165, 1.54) is 0 Å². The van der Waals surface area contributed by atoms with Gasteiger partial charge < -0.3 is 10.4 Å². The van der Waals surface area contributed by atoms with Crippen LogP contribution in [0.25, 0.3) is 0 Å². The lowest BCUT2D eigenvalue weighted by atomic mass is 10.0. The van der Waals surface area contributed by atoms with Gasteiger partial charge in [-0.2, -0.15) is 0 Å². The number of nitrogens with one attached hydrogen (secondary N) is 1. The van der Waals surface area contributed by atoms with E-state index in [-0.39, 0.29) is 5.92 Å². The molecule has 1 fully saturated rings. The van der Waals surface area contributed by atoms with Crippen molar-refractivity contribution in [3.63, 3.8) is 0 Å². The van der Waals surface area contributed by atoms with E-state index in [1.54, 1.807) is 12.1 Å². The second-order valence-corrected chi connectivity index (χ2v) is 5.64. The number of hydrogen-bond donors (Lipinski definition) is 2. The van der Waals surface area contributed by atoms with Crippen molar-refractivity contribution in [1.82, 2.24) is 5.32 Å². The molecule has 19 heavy (non-hydrogen) atoms. The van der Waals surface area contributed by atoms with Crippen molar-refractivity contribution >= 4 is 23.5 Å². The van der Waals surface area contributed by atoms with Crippen LogP contribution in [-0.2, 0) is 4.79 Å². The van der Waals surface area contributed by atoms with Gasteiger partial charge in [-0.1, -0.05) is 31.5 Å². The van der Waals surface area contributed by atoms with E-state index in [0.29, 0.717) is 23.4 Å². The minimum Gasteiger partial charge on any atom is -0.480 e. The Kier molecular flexibility index (Phi) is 3.54. The topological polar surface area (TPSA) is 66.4 Å². The zero-order valence-electron chi connectivity index (χ0n) is 10.9. The lowest BCUT2D eigenvalue weighted by molar-refractivity contribution is -0.140. The molecule has 1 aliphatic carbocycles. The number of rotatable bonds is 4. The van der Waals surface area contributed by atoms with Gasteiger partial charge >= 0.3 is 5.97 Å². The Morgan fingerprint density at radius 1 is 1.37 bits per heavy atom. The molecule has 1 amide bonds. The van der Waals surface area contributed by atoms with E-state index < -0.39 is 17.4 Å². The number of aliphatic carboxylic acids is 1. The Morgan fingerprint density at radius 2 is 2.00 bits per heavy atom. The second kappa shape index (κ2) is 4.85. The molecule has 0 atom stereocenters. The maximum Gasteiger partial charge on any atom is 0.329 e. The van der Waals surface area contributed by atoms with Gasteiger partial charge in [0.25, 0.3) is 5.91 Å². The predicted octanol–water partition coefficient (Wildman–Crippen LogP) is 2.81. The summed E-state index contributed by atoms with van der Waals surface area (Å²) in [6.45, 7) is 4.04. The summed E-state index contributed by atoms with van der Waals surface area (Å²) in [5, 5.41) is 12.1. The summed E-state index contributed by atoms with van der Waals surface area (Å²) in [6, 6.07) is 5.07. The molecule has 4 nitrogen and oxygen atoms in total. The maximum atomic E-state index is 12.0. The lowest BCUT2D eigenvalue weighted by Gasteiger charge is -2.14. The van der Waals surface area contributed by atoms with E-state index in [1.807, 2.05) is 19.9 Å². The fraction of sp³-hybridized carbons (Fsp3) is 0.429. The van der Waals surface area contributed by atoms with Gasteiger partial charge in [-0.25, -0.2) is 4.79 Å². The normalized spacial score (nSPS) is 16.2. The molecular formula is C14H16ClNO3. The minimum absolute atomic E-state index is 0.276. The predicted molar refractivity (Wildman–Crippen MR) is 72.6 cm³/mol. The van der Waals surface area contributed by atoms with Gasteiger partial charge in [0.2, 0.25) is 0 Å². The number of carboxylic acid groups (broad SMARTS) is 1. The molecule has 5 heteroatoms. The fourth-order valence-corrected chi connectivity index (χ4v) is 2.34. The molecule has 2 N–H and O–H groups in total. The molecule has 0 bridgehead atoms. The molecule has 0 aromatic heterocycles. The highest BCUT2D eigenvalue weighted by molar-refractivity contribution is 6.31. The van der Waals surface area contributed by atoms with Gasteiger partial charge in [0.15, 0.2) is 0 Å². The molecule has 0 unspecified atom stereocenters. The van der Waals surface area contributed by atoms with Crippen molar-refractivity contribution in [3.05, 3.63) is 34.3 Å². The third-order valence-electron chi connectivity index (χ3n) is 3.40. The Labute approximate surface area is 116 Å². The van der Waals surface area contributed by atoms with Gasteiger partial charge in [0.05, 0.1) is 0 Å². The Bertz CT molecular complexity index is 535. The molecule has 0 aliphatic heterocycles. The van der Waals surface area contributed by atoms with Gasteiger partial charge in [0, 0.05) is 10.6 Å². The first-order chi connectivity index (χ1) is 8.85. The molecular weight excluding hydrogens is 266 g/mol. The van der Waals surface area contributed by atoms with E-state index >= 15 is 0 Å². The minimum atomic E-state index is -1.07. The molecule has 0 saturated heterocycles. The number of benzene rings is 1. The summed E-state index contributed by atoms with van der Waals surface area (Å²) in [5.74, 6) is -1.10. The largest absolute Gasteiger partial charge is 0.480 e. The average molecular weight is 282 g/mol. The van der Waals surface area contributed by atoms with Crippen LogP contribution in [0.1, 0.15) is 48.5 Å². The molecule has 1 saturated carbocycles. The van der Waals surface area contributed by atoms with Gasteiger partial charge in [-0.15, -0.1) is 0 Å². The molecule has 1 aromatic carbocycles. The zero-order chi connectivity index (χ0) is 14.2. The van der Waals surface area contributed by atoms with Crippen LogP contribution in [0.2, 0.25) is 5.02 Å². The fourth-order valence-electron chi connectivity index (χ4n) is 1.94.